The standard InChI is InChI=1S/C12H11BrClN3O2S/c1-7-4-9(2-3-10(7)15)20(18,19)17-11-5-8(13)6-16-12(11)14/h2-6,17H,15H2,1H3. The van der Waals surface area contributed by atoms with Crippen LogP contribution in [0.4, 0.5) is 11.4 Å². The fourth-order valence-electron chi connectivity index (χ4n) is 1.51. The third-order valence-corrected chi connectivity index (χ3v) is 4.70. The van der Waals surface area contributed by atoms with E-state index in [1.165, 1.54) is 24.4 Å². The summed E-state index contributed by atoms with van der Waals surface area (Å²) in [5.41, 5.74) is 7.10. The van der Waals surface area contributed by atoms with Crippen molar-refractivity contribution < 1.29 is 8.42 Å². The molecule has 0 saturated carbocycles. The van der Waals surface area contributed by atoms with Crippen LogP contribution in [-0.2, 0) is 10.0 Å². The molecule has 1 aromatic heterocycles. The Balaban J connectivity index is 2.40. The van der Waals surface area contributed by atoms with Gasteiger partial charge >= 0.3 is 0 Å². The van der Waals surface area contributed by atoms with Crippen molar-refractivity contribution in [3.05, 3.63) is 45.7 Å². The average Bonchev–Trinajstić information content (AvgIpc) is 2.36. The number of aryl methyl sites for hydroxylation is 1. The molecule has 0 saturated heterocycles. The topological polar surface area (TPSA) is 85.1 Å². The molecule has 0 aliphatic heterocycles. The van der Waals surface area contributed by atoms with Gasteiger partial charge in [-0.15, -0.1) is 0 Å². The van der Waals surface area contributed by atoms with E-state index in [1.807, 2.05) is 0 Å². The lowest BCUT2D eigenvalue weighted by molar-refractivity contribution is 0.601. The number of hydrogen-bond donors (Lipinski definition) is 2. The first-order chi connectivity index (χ1) is 9.29. The highest BCUT2D eigenvalue weighted by Gasteiger charge is 2.17. The number of halogens is 2. The Kier molecular flexibility index (Phi) is 4.22. The van der Waals surface area contributed by atoms with Gasteiger partial charge in [-0.1, -0.05) is 11.6 Å². The maximum atomic E-state index is 12.3. The van der Waals surface area contributed by atoms with Gasteiger partial charge in [0.2, 0.25) is 0 Å². The number of nitrogens with two attached hydrogens (primary N) is 1. The first kappa shape index (κ1) is 15.1. The van der Waals surface area contributed by atoms with Gasteiger partial charge in [-0.05, 0) is 52.7 Å². The molecule has 0 aliphatic rings. The highest BCUT2D eigenvalue weighted by molar-refractivity contribution is 9.10. The zero-order valence-corrected chi connectivity index (χ0v) is 13.6. The summed E-state index contributed by atoms with van der Waals surface area (Å²) in [4.78, 5) is 3.97. The average molecular weight is 377 g/mol. The second-order valence-corrected chi connectivity index (χ2v) is 7.07. The number of benzene rings is 1. The molecule has 1 aromatic carbocycles. The Hall–Kier alpha value is -1.31. The van der Waals surface area contributed by atoms with Crippen LogP contribution >= 0.6 is 27.5 Å². The van der Waals surface area contributed by atoms with E-state index < -0.39 is 10.0 Å². The van der Waals surface area contributed by atoms with Crippen LogP contribution in [0.5, 0.6) is 0 Å². The Labute approximate surface area is 130 Å². The van der Waals surface area contributed by atoms with Gasteiger partial charge < -0.3 is 5.73 Å². The molecule has 2 aromatic rings. The molecular weight excluding hydrogens is 366 g/mol. The highest BCUT2D eigenvalue weighted by atomic mass is 79.9. The van der Waals surface area contributed by atoms with Crippen molar-refractivity contribution >= 4 is 48.9 Å². The molecule has 0 spiro atoms. The third-order valence-electron chi connectivity index (χ3n) is 2.60. The molecule has 5 nitrogen and oxygen atoms in total. The van der Waals surface area contributed by atoms with E-state index in [9.17, 15) is 8.42 Å². The van der Waals surface area contributed by atoms with Crippen molar-refractivity contribution in [1.29, 1.82) is 0 Å². The summed E-state index contributed by atoms with van der Waals surface area (Å²) in [6.07, 6.45) is 1.48. The zero-order chi connectivity index (χ0) is 14.9. The van der Waals surface area contributed by atoms with E-state index in [-0.39, 0.29) is 15.7 Å². The van der Waals surface area contributed by atoms with Gasteiger partial charge in [0.05, 0.1) is 10.6 Å². The monoisotopic (exact) mass is 375 g/mol. The fourth-order valence-corrected chi connectivity index (χ4v) is 3.19. The van der Waals surface area contributed by atoms with Crippen LogP contribution in [0.25, 0.3) is 0 Å². The first-order valence-electron chi connectivity index (χ1n) is 5.49. The molecule has 20 heavy (non-hydrogen) atoms. The number of nitrogens with one attached hydrogen (secondary N) is 1. The smallest absolute Gasteiger partial charge is 0.262 e. The van der Waals surface area contributed by atoms with Crippen LogP contribution < -0.4 is 10.5 Å². The van der Waals surface area contributed by atoms with Crippen molar-refractivity contribution in [3.8, 4) is 0 Å². The minimum atomic E-state index is -3.74. The van der Waals surface area contributed by atoms with Gasteiger partial charge in [0.25, 0.3) is 10.0 Å². The molecule has 0 bridgehead atoms. The van der Waals surface area contributed by atoms with E-state index >= 15 is 0 Å². The van der Waals surface area contributed by atoms with E-state index in [4.69, 9.17) is 17.3 Å². The second-order valence-electron chi connectivity index (χ2n) is 4.12. The van der Waals surface area contributed by atoms with Crippen LogP contribution in [0.2, 0.25) is 5.15 Å². The Morgan fingerprint density at radius 1 is 1.35 bits per heavy atom. The zero-order valence-electron chi connectivity index (χ0n) is 10.4. The third kappa shape index (κ3) is 3.23. The lowest BCUT2D eigenvalue weighted by atomic mass is 10.2. The summed E-state index contributed by atoms with van der Waals surface area (Å²) in [6, 6.07) is 6.02. The van der Waals surface area contributed by atoms with Crippen LogP contribution in [0.15, 0.2) is 39.8 Å². The summed E-state index contributed by atoms with van der Waals surface area (Å²) in [7, 11) is -3.74. The molecule has 0 atom stereocenters. The number of rotatable bonds is 3. The van der Waals surface area contributed by atoms with Gasteiger partial charge in [-0.3, -0.25) is 4.72 Å². The predicted octanol–water partition coefficient (Wildman–Crippen LogP) is 3.19. The van der Waals surface area contributed by atoms with Crippen molar-refractivity contribution in [2.24, 2.45) is 0 Å². The molecule has 106 valence electrons. The van der Waals surface area contributed by atoms with Crippen molar-refractivity contribution in [2.75, 3.05) is 10.5 Å². The SMILES string of the molecule is Cc1cc(S(=O)(=O)Nc2cc(Br)cnc2Cl)ccc1N. The molecule has 0 amide bonds. The molecule has 0 unspecified atom stereocenters. The van der Waals surface area contributed by atoms with Crippen molar-refractivity contribution in [2.45, 2.75) is 11.8 Å². The molecule has 0 aliphatic carbocycles. The van der Waals surface area contributed by atoms with Gasteiger partial charge in [0.15, 0.2) is 5.15 Å². The lowest BCUT2D eigenvalue weighted by Gasteiger charge is -2.10. The Morgan fingerprint density at radius 3 is 2.70 bits per heavy atom. The lowest BCUT2D eigenvalue weighted by Crippen LogP contribution is -2.14. The summed E-state index contributed by atoms with van der Waals surface area (Å²) < 4.78 is 27.6. The summed E-state index contributed by atoms with van der Waals surface area (Å²) in [5, 5.41) is 0.0731. The van der Waals surface area contributed by atoms with Crippen LogP contribution in [0, 0.1) is 6.92 Å². The second kappa shape index (κ2) is 5.59. The molecular formula is C12H11BrClN3O2S. The van der Waals surface area contributed by atoms with Gasteiger partial charge in [-0.25, -0.2) is 13.4 Å². The van der Waals surface area contributed by atoms with Crippen LogP contribution in [0.1, 0.15) is 5.56 Å². The van der Waals surface area contributed by atoms with Crippen molar-refractivity contribution in [3.63, 3.8) is 0 Å². The number of pyridine rings is 1. The predicted molar refractivity (Wildman–Crippen MR) is 83.3 cm³/mol. The van der Waals surface area contributed by atoms with Crippen LogP contribution in [0.3, 0.4) is 0 Å². The van der Waals surface area contributed by atoms with Gasteiger partial charge in [0, 0.05) is 16.4 Å². The Morgan fingerprint density at radius 2 is 2.05 bits per heavy atom. The summed E-state index contributed by atoms with van der Waals surface area (Å²) >= 11 is 9.08. The normalized spacial score (nSPS) is 11.3. The van der Waals surface area contributed by atoms with Crippen LogP contribution in [-0.4, -0.2) is 13.4 Å². The number of nitrogens with zero attached hydrogens (tertiary/aromatic N) is 1. The number of anilines is 2. The van der Waals surface area contributed by atoms with E-state index in [2.05, 4.69) is 25.6 Å². The highest BCUT2D eigenvalue weighted by Crippen LogP contribution is 2.26. The minimum Gasteiger partial charge on any atom is -0.399 e. The van der Waals surface area contributed by atoms with E-state index in [0.717, 1.165) is 0 Å². The molecule has 0 fully saturated rings. The maximum Gasteiger partial charge on any atom is 0.262 e. The maximum absolute atomic E-state index is 12.3. The van der Waals surface area contributed by atoms with Gasteiger partial charge in [-0.2, -0.15) is 0 Å². The van der Waals surface area contributed by atoms with E-state index in [0.29, 0.717) is 15.7 Å². The molecule has 8 heteroatoms. The number of hydrogen-bond acceptors (Lipinski definition) is 4. The van der Waals surface area contributed by atoms with Gasteiger partial charge in [0.1, 0.15) is 0 Å². The quantitative estimate of drug-likeness (QED) is 0.636. The first-order valence-corrected chi connectivity index (χ1v) is 8.15. The van der Waals surface area contributed by atoms with Crippen molar-refractivity contribution in [1.82, 2.24) is 4.98 Å². The fraction of sp³-hybridized carbons (Fsp3) is 0.0833. The largest absolute Gasteiger partial charge is 0.399 e. The summed E-state index contributed by atoms with van der Waals surface area (Å²) in [5.74, 6) is 0. The molecule has 0 radical (unpaired) electrons. The summed E-state index contributed by atoms with van der Waals surface area (Å²) in [6.45, 7) is 1.74. The van der Waals surface area contributed by atoms with E-state index in [1.54, 1.807) is 13.0 Å². The molecule has 2 rings (SSSR count). The minimum absolute atomic E-state index is 0.0731. The Bertz CT molecular complexity index is 765. The number of aromatic nitrogens is 1. The number of nitrogen functional groups attached to an aromatic ring is 1. The molecule has 1 heterocycles. The number of sulfonamides is 1. The molecule has 3 N–H and O–H groups in total.